The number of nitrogens with one attached hydrogen (secondary N) is 1. The van der Waals surface area contributed by atoms with E-state index in [1.165, 1.54) is 29.0 Å². The van der Waals surface area contributed by atoms with Gasteiger partial charge in [0, 0.05) is 41.0 Å². The Morgan fingerprint density at radius 2 is 1.50 bits per heavy atom. The van der Waals surface area contributed by atoms with Gasteiger partial charge >= 0.3 is 0 Å². The Hall–Kier alpha value is -3.72. The third-order valence-corrected chi connectivity index (χ3v) is 9.37. The number of halogens is 3. The number of nitriles is 1. The Morgan fingerprint density at radius 3 is 2.07 bits per heavy atom. The number of pyridine rings is 2. The van der Waals surface area contributed by atoms with Gasteiger partial charge in [-0.1, -0.05) is 26.0 Å². The molecule has 0 aliphatic carbocycles. The zero-order valence-electron chi connectivity index (χ0n) is 25.3. The van der Waals surface area contributed by atoms with Gasteiger partial charge in [0.25, 0.3) is 0 Å². The zero-order valence-corrected chi connectivity index (χ0v) is 29.3. The molecule has 0 spiro atoms. The Kier molecular flexibility index (Phi) is 9.44. The largest absolute Gasteiger partial charge is 0.373 e. The molecule has 11 heteroatoms. The van der Waals surface area contributed by atoms with E-state index in [0.29, 0.717) is 4.88 Å². The summed E-state index contributed by atoms with van der Waals surface area (Å²) in [5.74, 6) is 1.76. The van der Waals surface area contributed by atoms with Crippen molar-refractivity contribution in [3.05, 3.63) is 97.0 Å². The number of hydrogen-bond acceptors (Lipinski definition) is 6. The van der Waals surface area contributed by atoms with Crippen LogP contribution in [0.2, 0.25) is 0 Å². The highest BCUT2D eigenvalue weighted by atomic mass is 79.9. The minimum Gasteiger partial charge on any atom is -0.373 e. The maximum absolute atomic E-state index is 13.3. The van der Waals surface area contributed by atoms with E-state index in [-0.39, 0.29) is 5.82 Å². The van der Waals surface area contributed by atoms with Gasteiger partial charge in [-0.3, -0.25) is 8.80 Å². The summed E-state index contributed by atoms with van der Waals surface area (Å²) in [6.45, 7) is 8.32. The van der Waals surface area contributed by atoms with Crippen molar-refractivity contribution in [1.82, 2.24) is 18.8 Å². The molecule has 44 heavy (non-hydrogen) atoms. The topological polar surface area (TPSA) is 73.7 Å². The van der Waals surface area contributed by atoms with Crippen molar-refractivity contribution in [1.29, 1.82) is 5.26 Å². The lowest BCUT2D eigenvalue weighted by atomic mass is 10.1. The predicted molar refractivity (Wildman–Crippen MR) is 186 cm³/mol. The highest BCUT2D eigenvalue weighted by molar-refractivity contribution is 9.10. The molecule has 1 N–H and O–H groups in total. The predicted octanol–water partition coefficient (Wildman–Crippen LogP) is 9.48. The van der Waals surface area contributed by atoms with Crippen molar-refractivity contribution in [2.75, 3.05) is 24.3 Å². The van der Waals surface area contributed by atoms with Crippen molar-refractivity contribution in [2.24, 2.45) is 0 Å². The van der Waals surface area contributed by atoms with E-state index in [1.807, 2.05) is 39.5 Å². The molecule has 0 bridgehead atoms. The average Bonchev–Trinajstić information content (AvgIpc) is 3.70. The molecule has 5 heterocycles. The molecule has 0 amide bonds. The van der Waals surface area contributed by atoms with Crippen LogP contribution in [-0.2, 0) is 12.8 Å². The molecule has 0 fully saturated rings. The van der Waals surface area contributed by atoms with Crippen LogP contribution >= 0.6 is 43.2 Å². The molecule has 0 radical (unpaired) electrons. The fourth-order valence-corrected chi connectivity index (χ4v) is 7.34. The van der Waals surface area contributed by atoms with Crippen LogP contribution in [0.1, 0.15) is 41.2 Å². The van der Waals surface area contributed by atoms with Gasteiger partial charge < -0.3 is 10.2 Å². The molecule has 5 aromatic heterocycles. The molecule has 6 rings (SSSR count). The number of fused-ring (bicyclic) bond motifs is 2. The summed E-state index contributed by atoms with van der Waals surface area (Å²) in [6.07, 6.45) is 5.79. The summed E-state index contributed by atoms with van der Waals surface area (Å²) < 4.78 is 19.6. The third-order valence-electron chi connectivity index (χ3n) is 7.39. The van der Waals surface area contributed by atoms with Gasteiger partial charge in [0.2, 0.25) is 0 Å². The summed E-state index contributed by atoms with van der Waals surface area (Å²) in [5.41, 5.74) is 7.95. The first-order valence-corrected chi connectivity index (χ1v) is 16.6. The van der Waals surface area contributed by atoms with Crippen LogP contribution in [-0.4, -0.2) is 32.9 Å². The first-order valence-electron chi connectivity index (χ1n) is 14.2. The first kappa shape index (κ1) is 31.7. The van der Waals surface area contributed by atoms with E-state index < -0.39 is 0 Å². The summed E-state index contributed by atoms with van der Waals surface area (Å²) in [5, 5.41) is 13.8. The second-order valence-corrected chi connectivity index (χ2v) is 13.2. The van der Waals surface area contributed by atoms with E-state index in [9.17, 15) is 9.65 Å². The first-order chi connectivity index (χ1) is 21.1. The number of hydrogen-bond donors (Lipinski definition) is 1. The van der Waals surface area contributed by atoms with Crippen LogP contribution in [0, 0.1) is 31.0 Å². The molecule has 1 aromatic carbocycles. The Balaban J connectivity index is 0.000000215. The van der Waals surface area contributed by atoms with Crippen molar-refractivity contribution in [3.8, 4) is 17.2 Å². The second kappa shape index (κ2) is 13.1. The average molecular weight is 738 g/mol. The smallest absolute Gasteiger partial charge is 0.141 e. The SMILES string of the molecule is CCc1nc2c(C)cc(Br)cn2c1N(C)c1cc(-c2ccc(F)cc2)c(C#N)s1.CCc1nc2c(C)cc(Br)cn2c1NC. The normalized spacial score (nSPS) is 11.0. The molecule has 0 aliphatic heterocycles. The maximum Gasteiger partial charge on any atom is 0.141 e. The number of anilines is 3. The summed E-state index contributed by atoms with van der Waals surface area (Å²) in [4.78, 5) is 12.1. The monoisotopic (exact) mass is 735 g/mol. The molecular formula is C33H32Br2FN7S. The number of nitrogens with zero attached hydrogens (tertiary/aromatic N) is 6. The molecular weight excluding hydrogens is 705 g/mol. The van der Waals surface area contributed by atoms with Crippen LogP contribution < -0.4 is 10.2 Å². The standard InChI is InChI=1S/C22H18BrFN4S.C11H14BrN3/c1-4-18-22(28-12-15(23)9-13(2)21(28)26-18)27(3)20-10-17(19(11-25)29-20)14-5-7-16(24)8-6-14;1-4-9-11(13-3)15-6-8(12)5-7(2)10(15)14-9/h5-10,12H,4H2,1-3H3;5-6,13H,4H2,1-3H3. The van der Waals surface area contributed by atoms with E-state index >= 15 is 0 Å². The lowest BCUT2D eigenvalue weighted by molar-refractivity contribution is 0.628. The molecule has 226 valence electrons. The molecule has 7 nitrogen and oxygen atoms in total. The van der Waals surface area contributed by atoms with Crippen LogP contribution in [0.25, 0.3) is 22.4 Å². The summed E-state index contributed by atoms with van der Waals surface area (Å²) in [6, 6.07) is 14.6. The minimum atomic E-state index is -0.293. The Bertz CT molecular complexity index is 2020. The van der Waals surface area contributed by atoms with Crippen LogP contribution in [0.4, 0.5) is 21.0 Å². The third kappa shape index (κ3) is 5.99. The fraction of sp³-hybridized carbons (Fsp3) is 0.242. The van der Waals surface area contributed by atoms with Gasteiger partial charge in [0.15, 0.2) is 0 Å². The van der Waals surface area contributed by atoms with Crippen LogP contribution in [0.3, 0.4) is 0 Å². The molecule has 0 saturated carbocycles. The summed E-state index contributed by atoms with van der Waals surface area (Å²) in [7, 11) is 3.92. The summed E-state index contributed by atoms with van der Waals surface area (Å²) >= 11 is 8.50. The molecule has 6 aromatic rings. The van der Waals surface area contributed by atoms with E-state index in [4.69, 9.17) is 4.98 Å². The van der Waals surface area contributed by atoms with Gasteiger partial charge in [-0.15, -0.1) is 11.3 Å². The van der Waals surface area contributed by atoms with Gasteiger partial charge in [-0.25, -0.2) is 14.4 Å². The van der Waals surface area contributed by atoms with E-state index in [2.05, 4.69) is 94.8 Å². The number of rotatable bonds is 6. The highest BCUT2D eigenvalue weighted by Gasteiger charge is 2.21. The zero-order chi connectivity index (χ0) is 31.7. The fourth-order valence-electron chi connectivity index (χ4n) is 5.30. The lowest BCUT2D eigenvalue weighted by Crippen LogP contribution is -2.12. The van der Waals surface area contributed by atoms with Crippen LogP contribution in [0.15, 0.2) is 63.8 Å². The molecule has 0 unspecified atom stereocenters. The van der Waals surface area contributed by atoms with Crippen molar-refractivity contribution in [3.63, 3.8) is 0 Å². The number of aryl methyl sites for hydroxylation is 4. The number of benzene rings is 1. The molecule has 0 atom stereocenters. The van der Waals surface area contributed by atoms with Crippen molar-refractivity contribution in [2.45, 2.75) is 40.5 Å². The van der Waals surface area contributed by atoms with Gasteiger partial charge in [-0.05, 0) is 106 Å². The Morgan fingerprint density at radius 1 is 0.932 bits per heavy atom. The minimum absolute atomic E-state index is 0.293. The number of imidazole rings is 2. The molecule has 0 aliphatic rings. The van der Waals surface area contributed by atoms with Gasteiger partial charge in [0.05, 0.1) is 16.4 Å². The molecule has 0 saturated heterocycles. The highest BCUT2D eigenvalue weighted by Crippen LogP contribution is 2.40. The van der Waals surface area contributed by atoms with Crippen molar-refractivity contribution < 1.29 is 4.39 Å². The van der Waals surface area contributed by atoms with E-state index in [1.54, 1.807) is 12.1 Å². The lowest BCUT2D eigenvalue weighted by Gasteiger charge is -2.18. The van der Waals surface area contributed by atoms with Gasteiger partial charge in [-0.2, -0.15) is 5.26 Å². The number of thiophene rings is 1. The maximum atomic E-state index is 13.3. The van der Waals surface area contributed by atoms with Crippen molar-refractivity contribution >= 4 is 71.1 Å². The van der Waals surface area contributed by atoms with Gasteiger partial charge in [0.1, 0.15) is 39.7 Å². The quantitative estimate of drug-likeness (QED) is 0.185. The second-order valence-electron chi connectivity index (χ2n) is 10.3. The van der Waals surface area contributed by atoms with E-state index in [0.717, 1.165) is 77.8 Å². The van der Waals surface area contributed by atoms with Crippen LogP contribution in [0.5, 0.6) is 0 Å². The Labute approximate surface area is 277 Å². The number of aromatic nitrogens is 4.